The number of hydrogen-bond acceptors (Lipinski definition) is 3. The molecule has 0 atom stereocenters. The Morgan fingerprint density at radius 3 is 3.11 bits per heavy atom. The number of carbonyl (C=O) groups excluding carboxylic acids is 1. The molecular formula is C14H13N3O. The number of amides is 1. The lowest BCUT2D eigenvalue weighted by atomic mass is 10.2. The van der Waals surface area contributed by atoms with Gasteiger partial charge in [0, 0.05) is 17.3 Å². The van der Waals surface area contributed by atoms with E-state index in [-0.39, 0.29) is 12.5 Å². The Kier molecular flexibility index (Phi) is 3.90. The molecule has 4 nitrogen and oxygen atoms in total. The molecule has 0 bridgehead atoms. The van der Waals surface area contributed by atoms with Crippen molar-refractivity contribution >= 4 is 22.5 Å². The number of benzene rings is 1. The maximum Gasteiger partial charge on any atom is 0.238 e. The first-order valence-electron chi connectivity index (χ1n) is 5.58. The van der Waals surface area contributed by atoms with Gasteiger partial charge in [-0.1, -0.05) is 12.0 Å². The second kappa shape index (κ2) is 5.80. The zero-order valence-corrected chi connectivity index (χ0v) is 9.81. The minimum atomic E-state index is -0.117. The number of hydrogen-bond donors (Lipinski definition) is 2. The Labute approximate surface area is 105 Å². The first-order valence-corrected chi connectivity index (χ1v) is 5.58. The molecule has 4 heteroatoms. The van der Waals surface area contributed by atoms with E-state index in [4.69, 9.17) is 6.42 Å². The molecule has 1 aromatic heterocycles. The highest BCUT2D eigenvalue weighted by Gasteiger charge is 2.02. The summed E-state index contributed by atoms with van der Waals surface area (Å²) >= 11 is 0. The molecule has 0 radical (unpaired) electrons. The molecule has 2 rings (SSSR count). The molecule has 0 saturated heterocycles. The summed E-state index contributed by atoms with van der Waals surface area (Å²) in [5.41, 5.74) is 1.66. The van der Waals surface area contributed by atoms with Crippen molar-refractivity contribution in [1.82, 2.24) is 10.3 Å². The van der Waals surface area contributed by atoms with Crippen molar-refractivity contribution in [2.75, 3.05) is 18.4 Å². The average molecular weight is 239 g/mol. The molecule has 90 valence electrons. The standard InChI is InChI=1S/C14H13N3O/c1-2-7-15-10-14(18)17-12-5-6-13-11(9-12)4-3-8-16-13/h1,3-6,8-9,15H,7,10H2,(H,17,18). The monoisotopic (exact) mass is 239 g/mol. The highest BCUT2D eigenvalue weighted by molar-refractivity contribution is 5.94. The molecule has 0 spiro atoms. The summed E-state index contributed by atoms with van der Waals surface area (Å²) in [4.78, 5) is 15.8. The van der Waals surface area contributed by atoms with E-state index in [0.29, 0.717) is 6.54 Å². The summed E-state index contributed by atoms with van der Waals surface area (Å²) in [6, 6.07) is 9.41. The zero-order chi connectivity index (χ0) is 12.8. The van der Waals surface area contributed by atoms with Gasteiger partial charge in [0.1, 0.15) is 0 Å². The van der Waals surface area contributed by atoms with Crippen LogP contribution < -0.4 is 10.6 Å². The fourth-order valence-electron chi connectivity index (χ4n) is 1.61. The van der Waals surface area contributed by atoms with Crippen LogP contribution in [0.3, 0.4) is 0 Å². The Bertz CT molecular complexity index is 601. The van der Waals surface area contributed by atoms with Crippen molar-refractivity contribution in [1.29, 1.82) is 0 Å². The number of carbonyl (C=O) groups is 1. The van der Waals surface area contributed by atoms with Crippen molar-refractivity contribution in [2.24, 2.45) is 0 Å². The minimum Gasteiger partial charge on any atom is -0.325 e. The van der Waals surface area contributed by atoms with Crippen LogP contribution in [0.2, 0.25) is 0 Å². The van der Waals surface area contributed by atoms with E-state index in [1.807, 2.05) is 30.3 Å². The molecule has 0 aliphatic heterocycles. The number of anilines is 1. The molecule has 0 aliphatic rings. The van der Waals surface area contributed by atoms with E-state index in [1.165, 1.54) is 0 Å². The van der Waals surface area contributed by atoms with Crippen LogP contribution >= 0.6 is 0 Å². The molecule has 0 aliphatic carbocycles. The maximum absolute atomic E-state index is 11.6. The van der Waals surface area contributed by atoms with Crippen LogP contribution in [0.25, 0.3) is 10.9 Å². The van der Waals surface area contributed by atoms with Gasteiger partial charge in [-0.2, -0.15) is 0 Å². The molecule has 1 aromatic carbocycles. The third-order valence-corrected chi connectivity index (χ3v) is 2.40. The normalized spacial score (nSPS) is 9.94. The van der Waals surface area contributed by atoms with E-state index in [2.05, 4.69) is 21.5 Å². The van der Waals surface area contributed by atoms with Gasteiger partial charge in [-0.15, -0.1) is 6.42 Å². The smallest absolute Gasteiger partial charge is 0.238 e. The van der Waals surface area contributed by atoms with Gasteiger partial charge in [0.2, 0.25) is 5.91 Å². The Morgan fingerprint density at radius 2 is 2.28 bits per heavy atom. The van der Waals surface area contributed by atoms with Crippen LogP contribution in [0.15, 0.2) is 36.5 Å². The average Bonchev–Trinajstić information content (AvgIpc) is 2.39. The number of nitrogens with one attached hydrogen (secondary N) is 2. The summed E-state index contributed by atoms with van der Waals surface area (Å²) in [5.74, 6) is 2.29. The third-order valence-electron chi connectivity index (χ3n) is 2.40. The predicted molar refractivity (Wildman–Crippen MR) is 72.1 cm³/mol. The van der Waals surface area contributed by atoms with Gasteiger partial charge in [0.05, 0.1) is 18.6 Å². The highest BCUT2D eigenvalue weighted by Crippen LogP contribution is 2.16. The van der Waals surface area contributed by atoms with Gasteiger partial charge in [0.15, 0.2) is 0 Å². The summed E-state index contributed by atoms with van der Waals surface area (Å²) in [5, 5.41) is 6.62. The number of terminal acetylenes is 1. The van der Waals surface area contributed by atoms with Crippen molar-refractivity contribution < 1.29 is 4.79 Å². The van der Waals surface area contributed by atoms with Gasteiger partial charge in [-0.3, -0.25) is 15.1 Å². The van der Waals surface area contributed by atoms with Crippen molar-refractivity contribution in [3.05, 3.63) is 36.5 Å². The third kappa shape index (κ3) is 3.06. The van der Waals surface area contributed by atoms with E-state index in [9.17, 15) is 4.79 Å². The first-order chi connectivity index (χ1) is 8.79. The molecule has 18 heavy (non-hydrogen) atoms. The second-order valence-corrected chi connectivity index (χ2v) is 3.77. The van der Waals surface area contributed by atoms with E-state index in [0.717, 1.165) is 16.6 Å². The van der Waals surface area contributed by atoms with Crippen LogP contribution in [0.4, 0.5) is 5.69 Å². The van der Waals surface area contributed by atoms with E-state index in [1.54, 1.807) is 6.20 Å². The van der Waals surface area contributed by atoms with Crippen molar-refractivity contribution in [3.63, 3.8) is 0 Å². The number of aromatic nitrogens is 1. The van der Waals surface area contributed by atoms with Gasteiger partial charge < -0.3 is 5.32 Å². The SMILES string of the molecule is C#CCNCC(=O)Nc1ccc2ncccc2c1. The van der Waals surface area contributed by atoms with E-state index >= 15 is 0 Å². The van der Waals surface area contributed by atoms with E-state index < -0.39 is 0 Å². The van der Waals surface area contributed by atoms with Crippen LogP contribution in [0.5, 0.6) is 0 Å². The van der Waals surface area contributed by atoms with Crippen molar-refractivity contribution in [2.45, 2.75) is 0 Å². The topological polar surface area (TPSA) is 54.0 Å². The van der Waals surface area contributed by atoms with Gasteiger partial charge >= 0.3 is 0 Å². The predicted octanol–water partition coefficient (Wildman–Crippen LogP) is 1.40. The second-order valence-electron chi connectivity index (χ2n) is 3.77. The number of rotatable bonds is 4. The van der Waals surface area contributed by atoms with Crippen molar-refractivity contribution in [3.8, 4) is 12.3 Å². The number of pyridine rings is 1. The molecular weight excluding hydrogens is 226 g/mol. The first kappa shape index (κ1) is 12.1. The number of nitrogens with zero attached hydrogens (tertiary/aromatic N) is 1. The van der Waals surface area contributed by atoms with Gasteiger partial charge in [0.25, 0.3) is 0 Å². The molecule has 0 unspecified atom stereocenters. The fraction of sp³-hybridized carbons (Fsp3) is 0.143. The van der Waals surface area contributed by atoms with Gasteiger partial charge in [-0.05, 0) is 24.3 Å². The zero-order valence-electron chi connectivity index (χ0n) is 9.81. The summed E-state index contributed by atoms with van der Waals surface area (Å²) in [7, 11) is 0. The number of fused-ring (bicyclic) bond motifs is 1. The van der Waals surface area contributed by atoms with Gasteiger partial charge in [-0.25, -0.2) is 0 Å². The Hall–Kier alpha value is -2.38. The Balaban J connectivity index is 2.03. The summed E-state index contributed by atoms with van der Waals surface area (Å²) < 4.78 is 0. The lowest BCUT2D eigenvalue weighted by molar-refractivity contribution is -0.115. The molecule has 2 N–H and O–H groups in total. The fourth-order valence-corrected chi connectivity index (χ4v) is 1.61. The Morgan fingerprint density at radius 1 is 1.39 bits per heavy atom. The largest absolute Gasteiger partial charge is 0.325 e. The van der Waals surface area contributed by atoms with Crippen LogP contribution in [0.1, 0.15) is 0 Å². The molecule has 0 fully saturated rings. The molecule has 0 saturated carbocycles. The molecule has 1 heterocycles. The summed E-state index contributed by atoms with van der Waals surface area (Å²) in [6.07, 6.45) is 6.82. The minimum absolute atomic E-state index is 0.117. The highest BCUT2D eigenvalue weighted by atomic mass is 16.1. The van der Waals surface area contributed by atoms with Crippen LogP contribution in [-0.4, -0.2) is 24.0 Å². The summed E-state index contributed by atoms with van der Waals surface area (Å²) in [6.45, 7) is 0.588. The van der Waals surface area contributed by atoms with Crippen LogP contribution in [0, 0.1) is 12.3 Å². The lowest BCUT2D eigenvalue weighted by Gasteiger charge is -2.06. The molecule has 1 amide bonds. The van der Waals surface area contributed by atoms with Crippen LogP contribution in [-0.2, 0) is 4.79 Å². The quantitative estimate of drug-likeness (QED) is 0.626. The maximum atomic E-state index is 11.6. The lowest BCUT2D eigenvalue weighted by Crippen LogP contribution is -2.28. The molecule has 2 aromatic rings.